The highest BCUT2D eigenvalue weighted by Gasteiger charge is 2.36. The molecule has 0 aliphatic carbocycles. The Morgan fingerprint density at radius 1 is 1.35 bits per heavy atom. The first-order valence-corrected chi connectivity index (χ1v) is 8.23. The molecule has 1 aromatic rings. The zero-order chi connectivity index (χ0) is 15.6. The maximum absolute atomic E-state index is 12.0. The Kier molecular flexibility index (Phi) is 5.70. The van der Waals surface area contributed by atoms with E-state index in [0.717, 1.165) is 14.9 Å². The van der Waals surface area contributed by atoms with E-state index in [1.807, 2.05) is 39.0 Å². The van der Waals surface area contributed by atoms with Gasteiger partial charge in [-0.1, -0.05) is 15.9 Å². The SMILES string of the molecule is Cc1cc(Br)ccc1SCC(=O)NC(C)(C)C(C)(C)O. The summed E-state index contributed by atoms with van der Waals surface area (Å²) in [6.45, 7) is 9.05. The molecule has 112 valence electrons. The minimum atomic E-state index is -0.971. The van der Waals surface area contributed by atoms with Crippen LogP contribution in [0.1, 0.15) is 33.3 Å². The average molecular weight is 360 g/mol. The van der Waals surface area contributed by atoms with Crippen LogP contribution in [-0.2, 0) is 4.79 Å². The maximum atomic E-state index is 12.0. The number of nitrogens with one attached hydrogen (secondary N) is 1. The molecule has 1 aromatic carbocycles. The molecule has 0 fully saturated rings. The molecular formula is C15H22BrNO2S. The molecule has 0 saturated carbocycles. The minimum absolute atomic E-state index is 0.0792. The summed E-state index contributed by atoms with van der Waals surface area (Å²) >= 11 is 4.92. The van der Waals surface area contributed by atoms with E-state index in [9.17, 15) is 9.90 Å². The van der Waals surface area contributed by atoms with E-state index in [1.54, 1.807) is 13.8 Å². The lowest BCUT2D eigenvalue weighted by atomic mass is 9.86. The molecule has 20 heavy (non-hydrogen) atoms. The molecule has 1 rings (SSSR count). The number of halogens is 1. The summed E-state index contributed by atoms with van der Waals surface area (Å²) in [6.07, 6.45) is 0. The van der Waals surface area contributed by atoms with E-state index < -0.39 is 11.1 Å². The van der Waals surface area contributed by atoms with Gasteiger partial charge in [0.15, 0.2) is 0 Å². The quantitative estimate of drug-likeness (QED) is 0.790. The number of aliphatic hydroxyl groups is 1. The van der Waals surface area contributed by atoms with Gasteiger partial charge in [0.05, 0.1) is 16.9 Å². The maximum Gasteiger partial charge on any atom is 0.230 e. The molecule has 1 amide bonds. The first-order valence-electron chi connectivity index (χ1n) is 6.45. The van der Waals surface area contributed by atoms with Gasteiger partial charge in [-0.05, 0) is 58.4 Å². The Bertz CT molecular complexity index is 495. The molecule has 0 heterocycles. The third-order valence-electron chi connectivity index (χ3n) is 3.48. The summed E-state index contributed by atoms with van der Waals surface area (Å²) in [4.78, 5) is 13.1. The third-order valence-corrected chi connectivity index (χ3v) is 5.15. The Labute approximate surface area is 133 Å². The van der Waals surface area contributed by atoms with Gasteiger partial charge in [0, 0.05) is 9.37 Å². The predicted octanol–water partition coefficient (Wildman–Crippen LogP) is 3.52. The largest absolute Gasteiger partial charge is 0.388 e. The highest BCUT2D eigenvalue weighted by Crippen LogP contribution is 2.26. The lowest BCUT2D eigenvalue weighted by Crippen LogP contribution is -2.58. The molecule has 0 spiro atoms. The van der Waals surface area contributed by atoms with Crippen molar-refractivity contribution >= 4 is 33.6 Å². The fraction of sp³-hybridized carbons (Fsp3) is 0.533. The van der Waals surface area contributed by atoms with Gasteiger partial charge in [-0.3, -0.25) is 4.79 Å². The number of carbonyl (C=O) groups excluding carboxylic acids is 1. The van der Waals surface area contributed by atoms with Crippen molar-refractivity contribution in [3.8, 4) is 0 Å². The van der Waals surface area contributed by atoms with E-state index in [2.05, 4.69) is 21.2 Å². The van der Waals surface area contributed by atoms with Gasteiger partial charge < -0.3 is 10.4 Å². The molecule has 0 radical (unpaired) electrons. The zero-order valence-corrected chi connectivity index (χ0v) is 15.0. The highest BCUT2D eigenvalue weighted by atomic mass is 79.9. The normalized spacial score (nSPS) is 12.3. The number of hydrogen-bond acceptors (Lipinski definition) is 3. The van der Waals surface area contributed by atoms with Crippen LogP contribution < -0.4 is 5.32 Å². The Morgan fingerprint density at radius 2 is 1.95 bits per heavy atom. The van der Waals surface area contributed by atoms with Crippen molar-refractivity contribution in [2.75, 3.05) is 5.75 Å². The van der Waals surface area contributed by atoms with E-state index in [1.165, 1.54) is 11.8 Å². The topological polar surface area (TPSA) is 49.3 Å². The molecule has 0 aromatic heterocycles. The lowest BCUT2D eigenvalue weighted by Gasteiger charge is -2.38. The van der Waals surface area contributed by atoms with E-state index in [0.29, 0.717) is 5.75 Å². The number of aryl methyl sites for hydroxylation is 1. The van der Waals surface area contributed by atoms with Crippen LogP contribution >= 0.6 is 27.7 Å². The van der Waals surface area contributed by atoms with Crippen LogP contribution in [0.15, 0.2) is 27.6 Å². The van der Waals surface area contributed by atoms with Gasteiger partial charge >= 0.3 is 0 Å². The fourth-order valence-electron chi connectivity index (χ4n) is 1.46. The van der Waals surface area contributed by atoms with Crippen LogP contribution in [0.2, 0.25) is 0 Å². The van der Waals surface area contributed by atoms with Crippen molar-refractivity contribution in [1.82, 2.24) is 5.32 Å². The summed E-state index contributed by atoms with van der Waals surface area (Å²) in [6, 6.07) is 5.99. The molecule has 0 aliphatic heterocycles. The summed E-state index contributed by atoms with van der Waals surface area (Å²) in [5, 5.41) is 12.9. The van der Waals surface area contributed by atoms with Crippen molar-refractivity contribution in [2.24, 2.45) is 0 Å². The first-order chi connectivity index (χ1) is 9.03. The smallest absolute Gasteiger partial charge is 0.230 e. The van der Waals surface area contributed by atoms with Gasteiger partial charge in [-0.25, -0.2) is 0 Å². The van der Waals surface area contributed by atoms with Crippen molar-refractivity contribution in [3.63, 3.8) is 0 Å². The number of carbonyl (C=O) groups is 1. The summed E-state index contributed by atoms with van der Waals surface area (Å²) in [5.41, 5.74) is -0.501. The first kappa shape index (κ1) is 17.5. The van der Waals surface area contributed by atoms with Crippen molar-refractivity contribution in [3.05, 3.63) is 28.2 Å². The summed E-state index contributed by atoms with van der Waals surface area (Å²) < 4.78 is 1.03. The zero-order valence-electron chi connectivity index (χ0n) is 12.6. The van der Waals surface area contributed by atoms with Crippen molar-refractivity contribution in [2.45, 2.75) is 50.7 Å². The van der Waals surface area contributed by atoms with Gasteiger partial charge in [-0.2, -0.15) is 0 Å². The average Bonchev–Trinajstić information content (AvgIpc) is 2.25. The molecule has 5 heteroatoms. The summed E-state index contributed by atoms with van der Waals surface area (Å²) in [5.74, 6) is 0.256. The molecule has 3 nitrogen and oxygen atoms in total. The molecule has 2 N–H and O–H groups in total. The third kappa shape index (κ3) is 4.79. The monoisotopic (exact) mass is 359 g/mol. The number of rotatable bonds is 5. The van der Waals surface area contributed by atoms with Gasteiger partial charge in [0.25, 0.3) is 0 Å². The van der Waals surface area contributed by atoms with Gasteiger partial charge in [0.2, 0.25) is 5.91 Å². The van der Waals surface area contributed by atoms with Gasteiger partial charge in [0.1, 0.15) is 0 Å². The molecule has 0 saturated heterocycles. The molecular weight excluding hydrogens is 338 g/mol. The minimum Gasteiger partial charge on any atom is -0.388 e. The van der Waals surface area contributed by atoms with Crippen LogP contribution in [0, 0.1) is 6.92 Å². The number of amides is 1. The van der Waals surface area contributed by atoms with E-state index >= 15 is 0 Å². The van der Waals surface area contributed by atoms with Crippen LogP contribution in [-0.4, -0.2) is 27.9 Å². The highest BCUT2D eigenvalue weighted by molar-refractivity contribution is 9.10. The molecule has 0 unspecified atom stereocenters. The standard InChI is InChI=1S/C15H22BrNO2S/c1-10-8-11(16)6-7-12(10)20-9-13(18)17-14(2,3)15(4,5)19/h6-8,19H,9H2,1-5H3,(H,17,18). The second kappa shape index (κ2) is 6.50. The second-order valence-corrected chi connectivity index (χ2v) is 7.86. The van der Waals surface area contributed by atoms with E-state index in [-0.39, 0.29) is 5.91 Å². The van der Waals surface area contributed by atoms with Crippen LogP contribution in [0.3, 0.4) is 0 Å². The van der Waals surface area contributed by atoms with Crippen molar-refractivity contribution < 1.29 is 9.90 Å². The van der Waals surface area contributed by atoms with Crippen molar-refractivity contribution in [1.29, 1.82) is 0 Å². The van der Waals surface area contributed by atoms with Crippen LogP contribution in [0.4, 0.5) is 0 Å². The van der Waals surface area contributed by atoms with Gasteiger partial charge in [-0.15, -0.1) is 11.8 Å². The number of thioether (sulfide) groups is 1. The molecule has 0 aliphatic rings. The van der Waals surface area contributed by atoms with E-state index in [4.69, 9.17) is 0 Å². The Balaban J connectivity index is 2.60. The number of benzene rings is 1. The Morgan fingerprint density at radius 3 is 2.45 bits per heavy atom. The number of hydrogen-bond donors (Lipinski definition) is 2. The lowest BCUT2D eigenvalue weighted by molar-refractivity contribution is -0.123. The second-order valence-electron chi connectivity index (χ2n) is 5.93. The molecule has 0 atom stereocenters. The summed E-state index contributed by atoms with van der Waals surface area (Å²) in [7, 11) is 0. The molecule has 0 bridgehead atoms. The van der Waals surface area contributed by atoms with Crippen LogP contribution in [0.25, 0.3) is 0 Å². The Hall–Kier alpha value is -0.520. The predicted molar refractivity (Wildman–Crippen MR) is 88.1 cm³/mol. The fourth-order valence-corrected chi connectivity index (χ4v) is 2.74. The van der Waals surface area contributed by atoms with Crippen LogP contribution in [0.5, 0.6) is 0 Å².